The lowest BCUT2D eigenvalue weighted by Gasteiger charge is -2.31. The second-order valence-electron chi connectivity index (χ2n) is 8.19. The molecule has 0 aliphatic carbocycles. The summed E-state index contributed by atoms with van der Waals surface area (Å²) in [5.74, 6) is 1.10. The number of carbonyl (C=O) groups excluding carboxylic acids is 1. The van der Waals surface area contributed by atoms with E-state index in [-0.39, 0.29) is 23.5 Å². The Morgan fingerprint density at radius 1 is 1.12 bits per heavy atom. The predicted molar refractivity (Wildman–Crippen MR) is 132 cm³/mol. The number of aromatic nitrogens is 3. The second-order valence-corrected chi connectivity index (χ2v) is 9.13. The molecule has 0 spiro atoms. The summed E-state index contributed by atoms with van der Waals surface area (Å²) in [7, 11) is 0. The van der Waals surface area contributed by atoms with E-state index in [0.717, 1.165) is 24.6 Å². The highest BCUT2D eigenvalue weighted by molar-refractivity contribution is 7.99. The number of likely N-dealkylation sites (tertiary alicyclic amines) is 1. The molecule has 4 rings (SSSR count). The largest absolute Gasteiger partial charge is 0.492 e. The van der Waals surface area contributed by atoms with Gasteiger partial charge in [-0.2, -0.15) is 0 Å². The van der Waals surface area contributed by atoms with Crippen LogP contribution in [0.2, 0.25) is 0 Å². The van der Waals surface area contributed by atoms with E-state index in [1.807, 2.05) is 35.8 Å². The maximum absolute atomic E-state index is 13.6. The normalized spacial score (nSPS) is 15.1. The standard InChI is InChI=1S/C25H30FN5O2S/c1-3-33-22-10-6-5-9-21(22)27-23(32)17-34-25-29-28-24(18(2)30-15-7-4-8-16-30)31(25)20-13-11-19(26)12-14-20/h5-6,9-14,18H,3-4,7-8,15-17H2,1-2H3,(H,27,32). The van der Waals surface area contributed by atoms with Crippen molar-refractivity contribution < 1.29 is 13.9 Å². The van der Waals surface area contributed by atoms with Gasteiger partial charge in [0.05, 0.1) is 24.1 Å². The molecule has 1 fully saturated rings. The van der Waals surface area contributed by atoms with E-state index >= 15 is 0 Å². The first-order valence-corrected chi connectivity index (χ1v) is 12.6. The quantitative estimate of drug-likeness (QED) is 0.428. The van der Waals surface area contributed by atoms with Crippen LogP contribution in [0.25, 0.3) is 5.69 Å². The maximum atomic E-state index is 13.6. The zero-order chi connectivity index (χ0) is 23.9. The van der Waals surface area contributed by atoms with Crippen molar-refractivity contribution in [3.05, 3.63) is 60.2 Å². The molecule has 1 aromatic heterocycles. The third kappa shape index (κ3) is 5.77. The number of ether oxygens (including phenoxy) is 1. The molecule has 2 aromatic carbocycles. The molecule has 1 saturated heterocycles. The average molecular weight is 484 g/mol. The number of piperidine rings is 1. The van der Waals surface area contributed by atoms with Gasteiger partial charge >= 0.3 is 0 Å². The summed E-state index contributed by atoms with van der Waals surface area (Å²) in [5, 5.41) is 12.4. The minimum atomic E-state index is -0.302. The number of amides is 1. The molecule has 0 radical (unpaired) electrons. The van der Waals surface area contributed by atoms with Gasteiger partial charge in [0.1, 0.15) is 11.6 Å². The molecule has 2 heterocycles. The number of thioether (sulfide) groups is 1. The van der Waals surface area contributed by atoms with Gasteiger partial charge in [0.25, 0.3) is 0 Å². The summed E-state index contributed by atoms with van der Waals surface area (Å²) >= 11 is 1.30. The van der Waals surface area contributed by atoms with Crippen LogP contribution < -0.4 is 10.1 Å². The van der Waals surface area contributed by atoms with Crippen molar-refractivity contribution >= 4 is 23.4 Å². The van der Waals surface area contributed by atoms with E-state index in [2.05, 4.69) is 27.3 Å². The molecule has 3 aromatic rings. The Kier molecular flexibility index (Phi) is 8.18. The molecular formula is C25H30FN5O2S. The van der Waals surface area contributed by atoms with E-state index in [9.17, 15) is 9.18 Å². The summed E-state index contributed by atoms with van der Waals surface area (Å²) in [4.78, 5) is 15.1. The van der Waals surface area contributed by atoms with Gasteiger partial charge in [-0.15, -0.1) is 10.2 Å². The van der Waals surface area contributed by atoms with Crippen molar-refractivity contribution in [1.82, 2.24) is 19.7 Å². The summed E-state index contributed by atoms with van der Waals surface area (Å²) < 4.78 is 21.1. The van der Waals surface area contributed by atoms with Crippen LogP contribution in [-0.4, -0.2) is 51.0 Å². The van der Waals surface area contributed by atoms with Crippen LogP contribution in [0, 0.1) is 5.82 Å². The topological polar surface area (TPSA) is 72.3 Å². The molecule has 1 aliphatic heterocycles. The molecule has 1 atom stereocenters. The number of benzene rings is 2. The van der Waals surface area contributed by atoms with Crippen LogP contribution in [0.15, 0.2) is 53.7 Å². The molecule has 7 nitrogen and oxygen atoms in total. The second kappa shape index (κ2) is 11.5. The first-order chi connectivity index (χ1) is 16.6. The third-order valence-corrected chi connectivity index (χ3v) is 6.78. The summed E-state index contributed by atoms with van der Waals surface area (Å²) in [6, 6.07) is 13.7. The third-order valence-electron chi connectivity index (χ3n) is 5.85. The Morgan fingerprint density at radius 3 is 2.59 bits per heavy atom. The average Bonchev–Trinajstić information content (AvgIpc) is 3.28. The van der Waals surface area contributed by atoms with Crippen LogP contribution in [-0.2, 0) is 4.79 Å². The Morgan fingerprint density at radius 2 is 1.85 bits per heavy atom. The molecule has 0 saturated carbocycles. The molecule has 0 bridgehead atoms. The molecule has 9 heteroatoms. The number of rotatable bonds is 9. The van der Waals surface area contributed by atoms with E-state index in [1.54, 1.807) is 12.1 Å². The van der Waals surface area contributed by atoms with E-state index in [0.29, 0.717) is 23.2 Å². The van der Waals surface area contributed by atoms with Crippen molar-refractivity contribution in [3.8, 4) is 11.4 Å². The van der Waals surface area contributed by atoms with E-state index < -0.39 is 0 Å². The lowest BCUT2D eigenvalue weighted by atomic mass is 10.1. The molecule has 34 heavy (non-hydrogen) atoms. The molecule has 180 valence electrons. The predicted octanol–water partition coefficient (Wildman–Crippen LogP) is 5.08. The van der Waals surface area contributed by atoms with Gasteiger partial charge in [-0.05, 0) is 76.2 Å². The number of nitrogens with zero attached hydrogens (tertiary/aromatic N) is 4. The lowest BCUT2D eigenvalue weighted by molar-refractivity contribution is -0.113. The Balaban J connectivity index is 1.53. The van der Waals surface area contributed by atoms with Crippen LogP contribution >= 0.6 is 11.8 Å². The molecule has 1 N–H and O–H groups in total. The maximum Gasteiger partial charge on any atom is 0.234 e. The SMILES string of the molecule is CCOc1ccccc1NC(=O)CSc1nnc(C(C)N2CCCCC2)n1-c1ccc(F)cc1. The number of nitrogens with one attached hydrogen (secondary N) is 1. The Bertz CT molecular complexity index is 1100. The zero-order valence-corrected chi connectivity index (χ0v) is 20.4. The highest BCUT2D eigenvalue weighted by Gasteiger charge is 2.26. The van der Waals surface area contributed by atoms with Gasteiger partial charge in [-0.25, -0.2) is 4.39 Å². The Labute approximate surface area is 203 Å². The summed E-state index contributed by atoms with van der Waals surface area (Å²) in [5.41, 5.74) is 1.41. The minimum absolute atomic E-state index is 0.0547. The molecular weight excluding hydrogens is 453 g/mol. The van der Waals surface area contributed by atoms with Gasteiger partial charge in [-0.3, -0.25) is 14.3 Å². The van der Waals surface area contributed by atoms with E-state index in [4.69, 9.17) is 4.74 Å². The molecule has 1 unspecified atom stereocenters. The highest BCUT2D eigenvalue weighted by Crippen LogP contribution is 2.30. The number of anilines is 1. The van der Waals surface area contributed by atoms with Gasteiger partial charge in [-0.1, -0.05) is 30.3 Å². The van der Waals surface area contributed by atoms with Crippen LogP contribution in [0.4, 0.5) is 10.1 Å². The first kappa shape index (κ1) is 24.2. The number of carbonyl (C=O) groups is 1. The number of para-hydroxylation sites is 2. The van der Waals surface area contributed by atoms with Crippen molar-refractivity contribution in [2.75, 3.05) is 30.8 Å². The first-order valence-electron chi connectivity index (χ1n) is 11.7. The van der Waals surface area contributed by atoms with Crippen molar-refractivity contribution in [2.45, 2.75) is 44.3 Å². The fourth-order valence-electron chi connectivity index (χ4n) is 4.11. The highest BCUT2D eigenvalue weighted by atomic mass is 32.2. The lowest BCUT2D eigenvalue weighted by Crippen LogP contribution is -2.33. The van der Waals surface area contributed by atoms with Gasteiger partial charge < -0.3 is 10.1 Å². The smallest absolute Gasteiger partial charge is 0.234 e. The van der Waals surface area contributed by atoms with Crippen LogP contribution in [0.5, 0.6) is 5.75 Å². The fraction of sp³-hybridized carbons (Fsp3) is 0.400. The number of hydrogen-bond donors (Lipinski definition) is 1. The Hall–Kier alpha value is -2.91. The molecule has 1 amide bonds. The minimum Gasteiger partial charge on any atom is -0.492 e. The van der Waals surface area contributed by atoms with Gasteiger partial charge in [0.15, 0.2) is 11.0 Å². The van der Waals surface area contributed by atoms with Crippen molar-refractivity contribution in [1.29, 1.82) is 0 Å². The van der Waals surface area contributed by atoms with Crippen LogP contribution in [0.1, 0.15) is 45.0 Å². The van der Waals surface area contributed by atoms with Gasteiger partial charge in [0, 0.05) is 5.69 Å². The van der Waals surface area contributed by atoms with Gasteiger partial charge in [0.2, 0.25) is 5.91 Å². The fourth-order valence-corrected chi connectivity index (χ4v) is 4.87. The van der Waals surface area contributed by atoms with E-state index in [1.165, 1.54) is 43.2 Å². The monoisotopic (exact) mass is 483 g/mol. The number of halogens is 1. The summed E-state index contributed by atoms with van der Waals surface area (Å²) in [6.07, 6.45) is 3.58. The van der Waals surface area contributed by atoms with Crippen molar-refractivity contribution in [2.24, 2.45) is 0 Å². The van der Waals surface area contributed by atoms with Crippen LogP contribution in [0.3, 0.4) is 0 Å². The number of hydrogen-bond acceptors (Lipinski definition) is 6. The van der Waals surface area contributed by atoms with Crippen molar-refractivity contribution in [3.63, 3.8) is 0 Å². The summed E-state index contributed by atoms with van der Waals surface area (Å²) in [6.45, 7) is 6.57. The zero-order valence-electron chi connectivity index (χ0n) is 19.5. The molecule has 1 aliphatic rings.